The average molecular weight is 322 g/mol. The number of carbonyl (C=O) groups excluding carboxylic acids is 1. The number of H-pyrrole nitrogens is 1. The monoisotopic (exact) mass is 322 g/mol. The van der Waals surface area contributed by atoms with E-state index in [9.17, 15) is 9.59 Å². The summed E-state index contributed by atoms with van der Waals surface area (Å²) in [5.41, 5.74) is 2.14. The minimum atomic E-state index is -0.283. The molecule has 3 heterocycles. The Hall–Kier alpha value is -2.89. The van der Waals surface area contributed by atoms with Crippen molar-refractivity contribution in [3.63, 3.8) is 0 Å². The molecule has 1 atom stereocenters. The lowest BCUT2D eigenvalue weighted by Crippen LogP contribution is -2.28. The molecule has 0 radical (unpaired) electrons. The van der Waals surface area contributed by atoms with Gasteiger partial charge >= 0.3 is 0 Å². The van der Waals surface area contributed by atoms with E-state index in [1.165, 1.54) is 0 Å². The quantitative estimate of drug-likeness (QED) is 0.761. The average Bonchev–Trinajstić information content (AvgIpc) is 2.97. The van der Waals surface area contributed by atoms with Crippen LogP contribution in [-0.2, 0) is 4.79 Å². The van der Waals surface area contributed by atoms with Crippen molar-refractivity contribution < 1.29 is 4.79 Å². The zero-order valence-electron chi connectivity index (χ0n) is 13.5. The van der Waals surface area contributed by atoms with Gasteiger partial charge < -0.3 is 10.3 Å². The first kappa shape index (κ1) is 14.7. The molecule has 2 N–H and O–H groups in total. The normalized spacial score (nSPS) is 17.1. The second-order valence-corrected chi connectivity index (χ2v) is 6.43. The SMILES string of the molecule is CC(C)n1ncc2c1NC(=O)CC2c1cc2ccccc2[nH]c1=O. The zero-order chi connectivity index (χ0) is 16.8. The van der Waals surface area contributed by atoms with Gasteiger partial charge in [0.15, 0.2) is 0 Å². The predicted molar refractivity (Wildman–Crippen MR) is 92.3 cm³/mol. The lowest BCUT2D eigenvalue weighted by Gasteiger charge is -2.24. The third-order valence-electron chi connectivity index (χ3n) is 4.49. The lowest BCUT2D eigenvalue weighted by molar-refractivity contribution is -0.116. The summed E-state index contributed by atoms with van der Waals surface area (Å²) in [7, 11) is 0. The molecule has 6 nitrogen and oxygen atoms in total. The number of pyridine rings is 1. The first-order chi connectivity index (χ1) is 11.5. The van der Waals surface area contributed by atoms with E-state index >= 15 is 0 Å². The van der Waals surface area contributed by atoms with Gasteiger partial charge in [-0.2, -0.15) is 5.10 Å². The number of anilines is 1. The maximum Gasteiger partial charge on any atom is 0.252 e. The maximum absolute atomic E-state index is 12.6. The number of para-hydroxylation sites is 1. The number of amides is 1. The van der Waals surface area contributed by atoms with Crippen LogP contribution in [0.25, 0.3) is 10.9 Å². The van der Waals surface area contributed by atoms with Crippen LogP contribution in [0.3, 0.4) is 0 Å². The van der Waals surface area contributed by atoms with Gasteiger partial charge in [0.1, 0.15) is 5.82 Å². The van der Waals surface area contributed by atoms with Gasteiger partial charge in [-0.3, -0.25) is 9.59 Å². The highest BCUT2D eigenvalue weighted by molar-refractivity contribution is 5.94. The van der Waals surface area contributed by atoms with Crippen LogP contribution in [0, 0.1) is 0 Å². The highest BCUT2D eigenvalue weighted by Gasteiger charge is 2.32. The number of fused-ring (bicyclic) bond motifs is 2. The molecule has 3 aromatic rings. The summed E-state index contributed by atoms with van der Waals surface area (Å²) < 4.78 is 1.79. The van der Waals surface area contributed by atoms with Crippen LogP contribution in [-0.4, -0.2) is 20.7 Å². The second-order valence-electron chi connectivity index (χ2n) is 6.43. The van der Waals surface area contributed by atoms with E-state index in [4.69, 9.17) is 0 Å². The molecule has 1 unspecified atom stereocenters. The van der Waals surface area contributed by atoms with Gasteiger partial charge in [-0.05, 0) is 31.4 Å². The van der Waals surface area contributed by atoms with Gasteiger partial charge in [0.25, 0.3) is 5.56 Å². The van der Waals surface area contributed by atoms with Gasteiger partial charge in [-0.15, -0.1) is 0 Å². The van der Waals surface area contributed by atoms with Crippen LogP contribution >= 0.6 is 0 Å². The van der Waals surface area contributed by atoms with Gasteiger partial charge in [0, 0.05) is 35.0 Å². The van der Waals surface area contributed by atoms with Crippen LogP contribution in [0.5, 0.6) is 0 Å². The number of carbonyl (C=O) groups is 1. The van der Waals surface area contributed by atoms with E-state index < -0.39 is 0 Å². The lowest BCUT2D eigenvalue weighted by atomic mass is 9.87. The number of nitrogens with one attached hydrogen (secondary N) is 2. The van der Waals surface area contributed by atoms with Crippen molar-refractivity contribution in [2.75, 3.05) is 5.32 Å². The summed E-state index contributed by atoms with van der Waals surface area (Å²) in [6, 6.07) is 9.65. The molecule has 0 saturated heterocycles. The number of aromatic nitrogens is 3. The van der Waals surface area contributed by atoms with Crippen molar-refractivity contribution >= 4 is 22.6 Å². The molecule has 0 fully saturated rings. The van der Waals surface area contributed by atoms with E-state index in [-0.39, 0.29) is 29.8 Å². The molecule has 0 spiro atoms. The molecule has 1 aromatic carbocycles. The van der Waals surface area contributed by atoms with Crippen LogP contribution in [0.4, 0.5) is 5.82 Å². The first-order valence-electron chi connectivity index (χ1n) is 8.04. The molecule has 1 aliphatic rings. The van der Waals surface area contributed by atoms with Crippen molar-refractivity contribution in [1.82, 2.24) is 14.8 Å². The molecule has 1 aliphatic heterocycles. The van der Waals surface area contributed by atoms with Crippen LogP contribution < -0.4 is 10.9 Å². The Morgan fingerprint density at radius 1 is 1.21 bits per heavy atom. The Bertz CT molecular complexity index is 1000. The summed E-state index contributed by atoms with van der Waals surface area (Å²) in [6.07, 6.45) is 2.01. The Labute approximate surface area is 138 Å². The maximum atomic E-state index is 12.6. The summed E-state index contributed by atoms with van der Waals surface area (Å²) in [5, 5.41) is 8.24. The highest BCUT2D eigenvalue weighted by Crippen LogP contribution is 2.37. The highest BCUT2D eigenvalue weighted by atomic mass is 16.2. The molecule has 6 heteroatoms. The van der Waals surface area contributed by atoms with Gasteiger partial charge in [-0.1, -0.05) is 18.2 Å². The third-order valence-corrected chi connectivity index (χ3v) is 4.49. The molecule has 1 amide bonds. The molecule has 4 rings (SSSR count). The van der Waals surface area contributed by atoms with Crippen molar-refractivity contribution in [2.45, 2.75) is 32.2 Å². The van der Waals surface area contributed by atoms with E-state index in [1.807, 2.05) is 44.2 Å². The fourth-order valence-corrected chi connectivity index (χ4v) is 3.33. The number of hydrogen-bond acceptors (Lipinski definition) is 3. The van der Waals surface area contributed by atoms with Gasteiger partial charge in [-0.25, -0.2) is 4.68 Å². The van der Waals surface area contributed by atoms with E-state index in [2.05, 4.69) is 15.4 Å². The predicted octanol–water partition coefficient (Wildman–Crippen LogP) is 2.78. The fraction of sp³-hybridized carbons (Fsp3) is 0.278. The van der Waals surface area contributed by atoms with E-state index in [0.29, 0.717) is 11.4 Å². The molecule has 0 saturated carbocycles. The topological polar surface area (TPSA) is 79.8 Å². The molecule has 0 bridgehead atoms. The Kier molecular flexibility index (Phi) is 3.26. The molecule has 2 aromatic heterocycles. The standard InChI is InChI=1S/C18H18N4O2/c1-10(2)22-17-14(9-19-22)12(8-16(23)21-17)13-7-11-5-3-4-6-15(11)20-18(13)24/h3-7,9-10,12H,8H2,1-2H3,(H,20,24)(H,21,23). The molecular formula is C18H18N4O2. The number of nitrogens with zero attached hydrogens (tertiary/aromatic N) is 2. The third kappa shape index (κ3) is 2.22. The molecule has 122 valence electrons. The molecule has 24 heavy (non-hydrogen) atoms. The van der Waals surface area contributed by atoms with Gasteiger partial charge in [0.2, 0.25) is 5.91 Å². The Balaban J connectivity index is 1.90. The Morgan fingerprint density at radius 2 is 2.00 bits per heavy atom. The summed E-state index contributed by atoms with van der Waals surface area (Å²) in [4.78, 5) is 27.7. The summed E-state index contributed by atoms with van der Waals surface area (Å²) >= 11 is 0. The largest absolute Gasteiger partial charge is 0.322 e. The van der Waals surface area contributed by atoms with Crippen LogP contribution in [0.2, 0.25) is 0 Å². The van der Waals surface area contributed by atoms with E-state index in [1.54, 1.807) is 10.9 Å². The zero-order valence-corrected chi connectivity index (χ0v) is 13.5. The fourth-order valence-electron chi connectivity index (χ4n) is 3.33. The van der Waals surface area contributed by atoms with Crippen LogP contribution in [0.1, 0.15) is 43.4 Å². The minimum Gasteiger partial charge on any atom is -0.322 e. The van der Waals surface area contributed by atoms with Crippen molar-refractivity contribution in [2.24, 2.45) is 0 Å². The number of aromatic amines is 1. The number of hydrogen-bond donors (Lipinski definition) is 2. The van der Waals surface area contributed by atoms with Crippen molar-refractivity contribution in [3.05, 3.63) is 58.0 Å². The smallest absolute Gasteiger partial charge is 0.252 e. The molecule has 0 aliphatic carbocycles. The first-order valence-corrected chi connectivity index (χ1v) is 8.04. The summed E-state index contributed by atoms with van der Waals surface area (Å²) in [6.45, 7) is 4.01. The molecular weight excluding hydrogens is 304 g/mol. The minimum absolute atomic E-state index is 0.0949. The second kappa shape index (κ2) is 5.33. The van der Waals surface area contributed by atoms with E-state index in [0.717, 1.165) is 16.5 Å². The van der Waals surface area contributed by atoms with Crippen molar-refractivity contribution in [1.29, 1.82) is 0 Å². The van der Waals surface area contributed by atoms with Crippen LogP contribution in [0.15, 0.2) is 41.3 Å². The van der Waals surface area contributed by atoms with Gasteiger partial charge in [0.05, 0.1) is 6.20 Å². The van der Waals surface area contributed by atoms with Crippen molar-refractivity contribution in [3.8, 4) is 0 Å². The number of rotatable bonds is 2. The Morgan fingerprint density at radius 3 is 2.79 bits per heavy atom. The summed E-state index contributed by atoms with van der Waals surface area (Å²) in [5.74, 6) is 0.316. The number of benzene rings is 1.